The Bertz CT molecular complexity index is 1560. The zero-order valence-electron chi connectivity index (χ0n) is 19.2. The van der Waals surface area contributed by atoms with Gasteiger partial charge in [0.25, 0.3) is 5.56 Å². The second-order valence-electron chi connectivity index (χ2n) is 8.52. The van der Waals surface area contributed by atoms with Crippen LogP contribution in [0, 0.1) is 11.8 Å². The molecule has 1 unspecified atom stereocenters. The lowest BCUT2D eigenvalue weighted by Crippen LogP contribution is -2.44. The first-order valence-corrected chi connectivity index (χ1v) is 11.3. The molecule has 10 heteroatoms. The summed E-state index contributed by atoms with van der Waals surface area (Å²) < 4.78 is 4.47. The highest BCUT2D eigenvalue weighted by Gasteiger charge is 2.26. The van der Waals surface area contributed by atoms with Crippen molar-refractivity contribution in [2.75, 3.05) is 18.0 Å². The zero-order valence-corrected chi connectivity index (χ0v) is 19.2. The van der Waals surface area contributed by atoms with Gasteiger partial charge in [0.05, 0.1) is 24.1 Å². The second-order valence-corrected chi connectivity index (χ2v) is 8.52. The van der Waals surface area contributed by atoms with Gasteiger partial charge in [0.15, 0.2) is 11.2 Å². The smallest absolute Gasteiger partial charge is 0.332 e. The Labute approximate surface area is 195 Å². The van der Waals surface area contributed by atoms with Crippen LogP contribution in [-0.4, -0.2) is 47.8 Å². The first kappa shape index (κ1) is 21.9. The molecule has 0 saturated carbocycles. The van der Waals surface area contributed by atoms with Gasteiger partial charge in [0.2, 0.25) is 5.95 Å². The highest BCUT2D eigenvalue weighted by Crippen LogP contribution is 2.23. The van der Waals surface area contributed by atoms with Crippen molar-refractivity contribution < 1.29 is 0 Å². The van der Waals surface area contributed by atoms with Gasteiger partial charge in [-0.25, -0.2) is 4.79 Å². The maximum atomic E-state index is 13.7. The highest BCUT2D eigenvalue weighted by molar-refractivity contribution is 5.77. The van der Waals surface area contributed by atoms with Gasteiger partial charge in [-0.3, -0.25) is 28.5 Å². The average Bonchev–Trinajstić information content (AvgIpc) is 3.24. The number of anilines is 1. The molecule has 174 valence electrons. The van der Waals surface area contributed by atoms with Crippen molar-refractivity contribution in [3.05, 3.63) is 57.0 Å². The van der Waals surface area contributed by atoms with Crippen molar-refractivity contribution in [2.24, 2.45) is 12.8 Å². The predicted octanol–water partition coefficient (Wildman–Crippen LogP) is 0.839. The molecule has 1 saturated heterocycles. The SMILES string of the molecule is CC#CCn1c(N2CCCC(N)C2)nc2c1c(=O)n(Cc1ccnc3cccnc13)c(=O)n2C. The normalized spacial score (nSPS) is 16.1. The van der Waals surface area contributed by atoms with Crippen LogP contribution in [0.3, 0.4) is 0 Å². The van der Waals surface area contributed by atoms with Gasteiger partial charge in [-0.2, -0.15) is 4.98 Å². The molecular weight excluding hydrogens is 432 g/mol. The van der Waals surface area contributed by atoms with E-state index in [2.05, 4.69) is 26.7 Å². The molecule has 0 aliphatic carbocycles. The van der Waals surface area contributed by atoms with Gasteiger partial charge in [-0.05, 0) is 38.0 Å². The molecule has 1 aliphatic rings. The topological polar surface area (TPSA) is 117 Å². The van der Waals surface area contributed by atoms with Crippen LogP contribution in [0.1, 0.15) is 25.3 Å². The number of fused-ring (bicyclic) bond motifs is 2. The molecule has 1 atom stereocenters. The van der Waals surface area contributed by atoms with Crippen LogP contribution in [0.4, 0.5) is 5.95 Å². The van der Waals surface area contributed by atoms with Crippen molar-refractivity contribution in [3.63, 3.8) is 0 Å². The molecule has 10 nitrogen and oxygen atoms in total. The molecule has 1 aliphatic heterocycles. The van der Waals surface area contributed by atoms with E-state index in [-0.39, 0.29) is 12.6 Å². The summed E-state index contributed by atoms with van der Waals surface area (Å²) >= 11 is 0. The Morgan fingerprint density at radius 1 is 1.18 bits per heavy atom. The van der Waals surface area contributed by atoms with Gasteiger partial charge in [0, 0.05) is 44.1 Å². The number of pyridine rings is 2. The molecule has 0 bridgehead atoms. The lowest BCUT2D eigenvalue weighted by molar-refractivity contribution is 0.496. The van der Waals surface area contributed by atoms with Crippen LogP contribution >= 0.6 is 0 Å². The molecule has 4 aromatic heterocycles. The quantitative estimate of drug-likeness (QED) is 0.450. The van der Waals surface area contributed by atoms with Crippen molar-refractivity contribution in [1.29, 1.82) is 0 Å². The van der Waals surface area contributed by atoms with E-state index >= 15 is 0 Å². The van der Waals surface area contributed by atoms with E-state index in [1.165, 1.54) is 9.13 Å². The largest absolute Gasteiger partial charge is 0.341 e. The summed E-state index contributed by atoms with van der Waals surface area (Å²) in [7, 11) is 1.64. The molecule has 34 heavy (non-hydrogen) atoms. The Kier molecular flexibility index (Phi) is 5.63. The minimum Gasteiger partial charge on any atom is -0.341 e. The molecule has 0 aromatic carbocycles. The number of nitrogens with two attached hydrogens (primary N) is 1. The minimum absolute atomic E-state index is 0.0345. The standard InChI is InChI=1S/C24H26N8O2/c1-3-4-13-31-20-21(28-23(31)30-12-6-7-17(25)15-30)29(2)24(34)32(22(20)33)14-16-9-11-26-18-8-5-10-27-19(16)18/h5,8-11,17H,6-7,12-15,25H2,1-2H3. The number of aromatic nitrogens is 6. The van der Waals surface area contributed by atoms with Crippen molar-refractivity contribution >= 4 is 28.1 Å². The van der Waals surface area contributed by atoms with Crippen LogP contribution in [0.5, 0.6) is 0 Å². The third-order valence-electron chi connectivity index (χ3n) is 6.28. The van der Waals surface area contributed by atoms with Crippen molar-refractivity contribution in [1.82, 2.24) is 28.7 Å². The molecule has 2 N–H and O–H groups in total. The Hall–Kier alpha value is -3.97. The molecule has 5 heterocycles. The van der Waals surface area contributed by atoms with Crippen molar-refractivity contribution in [2.45, 2.75) is 38.9 Å². The maximum Gasteiger partial charge on any atom is 0.332 e. The summed E-state index contributed by atoms with van der Waals surface area (Å²) in [6.45, 7) is 3.55. The first-order chi connectivity index (χ1) is 16.5. The zero-order chi connectivity index (χ0) is 23.8. The van der Waals surface area contributed by atoms with Crippen LogP contribution in [0.25, 0.3) is 22.2 Å². The van der Waals surface area contributed by atoms with Gasteiger partial charge >= 0.3 is 5.69 Å². The fourth-order valence-corrected chi connectivity index (χ4v) is 4.57. The Balaban J connectivity index is 1.72. The molecule has 4 aromatic rings. The maximum absolute atomic E-state index is 13.7. The molecular formula is C24H26N8O2. The lowest BCUT2D eigenvalue weighted by Gasteiger charge is -2.31. The monoisotopic (exact) mass is 458 g/mol. The highest BCUT2D eigenvalue weighted by atomic mass is 16.2. The predicted molar refractivity (Wildman–Crippen MR) is 131 cm³/mol. The number of hydrogen-bond acceptors (Lipinski definition) is 7. The van der Waals surface area contributed by atoms with Gasteiger partial charge in [-0.15, -0.1) is 5.92 Å². The van der Waals surface area contributed by atoms with E-state index in [0.29, 0.717) is 41.2 Å². The number of nitrogens with zero attached hydrogens (tertiary/aromatic N) is 7. The van der Waals surface area contributed by atoms with Crippen LogP contribution in [-0.2, 0) is 20.1 Å². The number of rotatable bonds is 4. The second kappa shape index (κ2) is 8.76. The molecule has 0 radical (unpaired) electrons. The molecule has 5 rings (SSSR count). The van der Waals surface area contributed by atoms with Crippen LogP contribution in [0.2, 0.25) is 0 Å². The van der Waals surface area contributed by atoms with E-state index in [9.17, 15) is 9.59 Å². The third-order valence-corrected chi connectivity index (χ3v) is 6.28. The summed E-state index contributed by atoms with van der Waals surface area (Å²) in [4.78, 5) is 42.6. The van der Waals surface area contributed by atoms with Crippen LogP contribution < -0.4 is 21.9 Å². The summed E-state index contributed by atoms with van der Waals surface area (Å²) in [6.07, 6.45) is 5.22. The first-order valence-electron chi connectivity index (χ1n) is 11.3. The third kappa shape index (κ3) is 3.64. The summed E-state index contributed by atoms with van der Waals surface area (Å²) in [6, 6.07) is 5.47. The van der Waals surface area contributed by atoms with E-state index < -0.39 is 11.2 Å². The van der Waals surface area contributed by atoms with E-state index in [1.54, 1.807) is 38.5 Å². The van der Waals surface area contributed by atoms with E-state index in [1.807, 2.05) is 10.6 Å². The van der Waals surface area contributed by atoms with E-state index in [0.717, 1.165) is 24.9 Å². The molecule has 0 spiro atoms. The Morgan fingerprint density at radius 2 is 2.03 bits per heavy atom. The fraction of sp³-hybridized carbons (Fsp3) is 0.375. The lowest BCUT2D eigenvalue weighted by atomic mass is 10.1. The van der Waals surface area contributed by atoms with Gasteiger partial charge in [0.1, 0.15) is 0 Å². The average molecular weight is 459 g/mol. The van der Waals surface area contributed by atoms with Gasteiger partial charge < -0.3 is 10.6 Å². The number of imidazole rings is 1. The summed E-state index contributed by atoms with van der Waals surface area (Å²) in [5.41, 5.74) is 8.17. The van der Waals surface area contributed by atoms with Crippen molar-refractivity contribution in [3.8, 4) is 11.8 Å². The fourth-order valence-electron chi connectivity index (χ4n) is 4.57. The van der Waals surface area contributed by atoms with Crippen LogP contribution in [0.15, 0.2) is 40.2 Å². The van der Waals surface area contributed by atoms with Gasteiger partial charge in [-0.1, -0.05) is 5.92 Å². The van der Waals surface area contributed by atoms with E-state index in [4.69, 9.17) is 10.7 Å². The number of aryl methyl sites for hydroxylation is 1. The molecule has 0 amide bonds. The Morgan fingerprint density at radius 3 is 2.82 bits per heavy atom. The number of piperidine rings is 1. The number of hydrogen-bond donors (Lipinski definition) is 1. The molecule has 1 fully saturated rings. The summed E-state index contributed by atoms with van der Waals surface area (Å²) in [5, 5.41) is 0. The minimum atomic E-state index is -0.438. The summed E-state index contributed by atoms with van der Waals surface area (Å²) in [5.74, 6) is 6.56.